The molecular formula is C10H7NO6. The van der Waals surface area contributed by atoms with Crippen LogP contribution < -0.4 is 0 Å². The number of aromatic nitrogens is 1. The third kappa shape index (κ3) is 2.03. The van der Waals surface area contributed by atoms with Crippen LogP contribution in [0, 0.1) is 0 Å². The van der Waals surface area contributed by atoms with Crippen LogP contribution in [0.15, 0.2) is 27.1 Å². The third-order valence-electron chi connectivity index (χ3n) is 1.96. The Balaban J connectivity index is 2.30. The van der Waals surface area contributed by atoms with Gasteiger partial charge >= 0.3 is 11.9 Å². The smallest absolute Gasteiger partial charge is 0.373 e. The lowest BCUT2D eigenvalue weighted by atomic mass is 10.3. The number of rotatable bonds is 3. The minimum atomic E-state index is -1.21. The van der Waals surface area contributed by atoms with Crippen LogP contribution in [0.5, 0.6) is 0 Å². The van der Waals surface area contributed by atoms with E-state index < -0.39 is 11.9 Å². The topological polar surface area (TPSA) is 103 Å². The minimum Gasteiger partial charge on any atom is -0.476 e. The van der Waals surface area contributed by atoms with E-state index in [1.807, 2.05) is 0 Å². The molecule has 88 valence electrons. The van der Waals surface area contributed by atoms with Crippen molar-refractivity contribution in [2.24, 2.45) is 0 Å². The van der Waals surface area contributed by atoms with Gasteiger partial charge in [-0.1, -0.05) is 5.16 Å². The van der Waals surface area contributed by atoms with Crippen LogP contribution in [-0.4, -0.2) is 29.3 Å². The minimum absolute atomic E-state index is 0.00391. The van der Waals surface area contributed by atoms with Crippen LogP contribution in [-0.2, 0) is 4.74 Å². The summed E-state index contributed by atoms with van der Waals surface area (Å²) in [5.74, 6) is -1.52. The van der Waals surface area contributed by atoms with Gasteiger partial charge in [0.25, 0.3) is 0 Å². The molecule has 0 amide bonds. The van der Waals surface area contributed by atoms with Crippen molar-refractivity contribution in [3.05, 3.63) is 29.7 Å². The van der Waals surface area contributed by atoms with Crippen molar-refractivity contribution in [3.8, 4) is 11.5 Å². The van der Waals surface area contributed by atoms with Gasteiger partial charge in [0, 0.05) is 6.07 Å². The van der Waals surface area contributed by atoms with Crippen LogP contribution in [0.1, 0.15) is 21.0 Å². The zero-order valence-electron chi connectivity index (χ0n) is 8.67. The number of carboxylic acid groups (broad SMARTS) is 1. The molecule has 0 aliphatic rings. The van der Waals surface area contributed by atoms with Crippen molar-refractivity contribution in [2.45, 2.75) is 0 Å². The Bertz CT molecular complexity index is 567. The van der Waals surface area contributed by atoms with Gasteiger partial charge < -0.3 is 18.8 Å². The molecule has 0 spiro atoms. The molecule has 0 saturated carbocycles. The van der Waals surface area contributed by atoms with Crippen LogP contribution in [0.4, 0.5) is 0 Å². The molecule has 2 rings (SSSR count). The molecular weight excluding hydrogens is 230 g/mol. The molecule has 0 aliphatic heterocycles. The van der Waals surface area contributed by atoms with Gasteiger partial charge in [-0.25, -0.2) is 9.59 Å². The van der Waals surface area contributed by atoms with E-state index in [0.717, 1.165) is 0 Å². The Kier molecular flexibility index (Phi) is 2.65. The number of esters is 1. The molecule has 0 saturated heterocycles. The monoisotopic (exact) mass is 237 g/mol. The quantitative estimate of drug-likeness (QED) is 0.805. The second-order valence-electron chi connectivity index (χ2n) is 3.04. The first-order valence-electron chi connectivity index (χ1n) is 4.50. The lowest BCUT2D eigenvalue weighted by Crippen LogP contribution is -1.98. The SMILES string of the molecule is COC(=O)c1ccc(-c2cc(C(=O)O)no2)o1. The summed E-state index contributed by atoms with van der Waals surface area (Å²) in [5, 5.41) is 12.0. The fourth-order valence-electron chi connectivity index (χ4n) is 1.17. The van der Waals surface area contributed by atoms with E-state index in [2.05, 4.69) is 9.89 Å². The Morgan fingerprint density at radius 1 is 1.35 bits per heavy atom. The number of methoxy groups -OCH3 is 1. The maximum absolute atomic E-state index is 11.1. The first-order valence-corrected chi connectivity index (χ1v) is 4.50. The number of ether oxygens (including phenoxy) is 1. The highest BCUT2D eigenvalue weighted by Gasteiger charge is 2.17. The summed E-state index contributed by atoms with van der Waals surface area (Å²) >= 11 is 0. The van der Waals surface area contributed by atoms with Gasteiger partial charge in [0.2, 0.25) is 11.5 Å². The van der Waals surface area contributed by atoms with Crippen molar-refractivity contribution < 1.29 is 28.4 Å². The first-order chi connectivity index (χ1) is 8.11. The summed E-state index contributed by atoms with van der Waals surface area (Å²) in [7, 11) is 1.22. The lowest BCUT2D eigenvalue weighted by molar-refractivity contribution is 0.0565. The van der Waals surface area contributed by atoms with E-state index in [1.165, 1.54) is 25.3 Å². The summed E-state index contributed by atoms with van der Waals surface area (Å²) in [6, 6.07) is 4.05. The van der Waals surface area contributed by atoms with Crippen molar-refractivity contribution in [3.63, 3.8) is 0 Å². The fraction of sp³-hybridized carbons (Fsp3) is 0.100. The summed E-state index contributed by atoms with van der Waals surface area (Å²) in [5.41, 5.74) is -0.240. The van der Waals surface area contributed by atoms with Gasteiger partial charge in [-0.15, -0.1) is 0 Å². The van der Waals surface area contributed by atoms with Gasteiger partial charge in [0.1, 0.15) is 0 Å². The van der Waals surface area contributed by atoms with Crippen LogP contribution in [0.3, 0.4) is 0 Å². The maximum Gasteiger partial charge on any atom is 0.373 e. The Morgan fingerprint density at radius 2 is 2.12 bits per heavy atom. The number of furan rings is 1. The van der Waals surface area contributed by atoms with Crippen molar-refractivity contribution in [1.29, 1.82) is 0 Å². The van der Waals surface area contributed by atoms with E-state index >= 15 is 0 Å². The Morgan fingerprint density at radius 3 is 2.71 bits per heavy atom. The van der Waals surface area contributed by atoms with Gasteiger partial charge in [0.15, 0.2) is 11.5 Å². The van der Waals surface area contributed by atoms with E-state index in [0.29, 0.717) is 0 Å². The number of hydrogen-bond donors (Lipinski definition) is 1. The fourth-order valence-corrected chi connectivity index (χ4v) is 1.17. The average Bonchev–Trinajstić information content (AvgIpc) is 2.95. The van der Waals surface area contributed by atoms with E-state index in [9.17, 15) is 9.59 Å². The van der Waals surface area contributed by atoms with Gasteiger partial charge in [-0.05, 0) is 12.1 Å². The predicted molar refractivity (Wildman–Crippen MR) is 52.5 cm³/mol. The van der Waals surface area contributed by atoms with Crippen molar-refractivity contribution in [2.75, 3.05) is 7.11 Å². The molecule has 0 atom stereocenters. The summed E-state index contributed by atoms with van der Waals surface area (Å²) in [4.78, 5) is 21.7. The third-order valence-corrected chi connectivity index (χ3v) is 1.96. The predicted octanol–water partition coefficient (Wildman–Crippen LogP) is 1.42. The molecule has 0 radical (unpaired) electrons. The molecule has 2 aromatic rings. The van der Waals surface area contributed by atoms with Gasteiger partial charge in [-0.2, -0.15) is 0 Å². The summed E-state index contributed by atoms with van der Waals surface area (Å²) in [6.45, 7) is 0. The standard InChI is InChI=1S/C10H7NO6/c1-15-10(14)7-3-2-6(16-7)8-4-5(9(12)13)11-17-8/h2-4H,1H3,(H,12,13). The maximum atomic E-state index is 11.1. The summed E-state index contributed by atoms with van der Waals surface area (Å²) in [6.07, 6.45) is 0. The molecule has 2 heterocycles. The van der Waals surface area contributed by atoms with Crippen molar-refractivity contribution in [1.82, 2.24) is 5.16 Å². The molecule has 0 aromatic carbocycles. The number of aromatic carboxylic acids is 1. The number of carbonyl (C=O) groups excluding carboxylic acids is 1. The van der Waals surface area contributed by atoms with Gasteiger partial charge in [0.05, 0.1) is 7.11 Å². The average molecular weight is 237 g/mol. The highest BCUT2D eigenvalue weighted by atomic mass is 16.5. The van der Waals surface area contributed by atoms with Crippen molar-refractivity contribution >= 4 is 11.9 Å². The molecule has 1 N–H and O–H groups in total. The lowest BCUT2D eigenvalue weighted by Gasteiger charge is -1.92. The largest absolute Gasteiger partial charge is 0.476 e. The molecule has 2 aromatic heterocycles. The highest BCUT2D eigenvalue weighted by molar-refractivity contribution is 5.87. The Hall–Kier alpha value is -2.57. The van der Waals surface area contributed by atoms with Crippen LogP contribution in [0.25, 0.3) is 11.5 Å². The van der Waals surface area contributed by atoms with E-state index in [4.69, 9.17) is 14.0 Å². The first kappa shape index (κ1) is 10.9. The number of carbonyl (C=O) groups is 2. The molecule has 17 heavy (non-hydrogen) atoms. The van der Waals surface area contributed by atoms with Crippen LogP contribution >= 0.6 is 0 Å². The molecule has 0 aliphatic carbocycles. The highest BCUT2D eigenvalue weighted by Crippen LogP contribution is 2.23. The molecule has 0 unspecified atom stereocenters. The molecule has 0 fully saturated rings. The zero-order chi connectivity index (χ0) is 12.4. The molecule has 7 heteroatoms. The van der Waals surface area contributed by atoms with Gasteiger partial charge in [-0.3, -0.25) is 0 Å². The molecule has 0 bridgehead atoms. The second kappa shape index (κ2) is 4.12. The van der Waals surface area contributed by atoms with E-state index in [1.54, 1.807) is 0 Å². The number of carboxylic acids is 1. The summed E-state index contributed by atoms with van der Waals surface area (Å²) < 4.78 is 14.3. The van der Waals surface area contributed by atoms with Crippen LogP contribution in [0.2, 0.25) is 0 Å². The number of nitrogens with zero attached hydrogens (tertiary/aromatic N) is 1. The molecule has 7 nitrogen and oxygen atoms in total. The van der Waals surface area contributed by atoms with E-state index in [-0.39, 0.29) is 23.0 Å². The second-order valence-corrected chi connectivity index (χ2v) is 3.04. The zero-order valence-corrected chi connectivity index (χ0v) is 8.67. The normalized spacial score (nSPS) is 10.2. The Labute approximate surface area is 94.6 Å². The number of hydrogen-bond acceptors (Lipinski definition) is 6.